The minimum absolute atomic E-state index is 0.367. The Morgan fingerprint density at radius 1 is 0.960 bits per heavy atom. The number of benzene rings is 1. The predicted octanol–water partition coefficient (Wildman–Crippen LogP) is 3.72. The molecule has 0 spiro atoms. The lowest BCUT2D eigenvalue weighted by atomic mass is 10.1. The molecule has 2 amide bonds. The number of amides is 2. The van der Waals surface area contributed by atoms with E-state index < -0.39 is 29.4 Å². The van der Waals surface area contributed by atoms with E-state index in [0.29, 0.717) is 5.69 Å². The van der Waals surface area contributed by atoms with Crippen molar-refractivity contribution in [1.29, 1.82) is 0 Å². The fourth-order valence-corrected chi connectivity index (χ4v) is 2.20. The van der Waals surface area contributed by atoms with Crippen molar-refractivity contribution in [2.24, 2.45) is 0 Å². The second kappa shape index (κ2) is 8.34. The second-order valence-electron chi connectivity index (χ2n) is 7.91. The van der Waals surface area contributed by atoms with Crippen LogP contribution >= 0.6 is 0 Å². The molecule has 0 aliphatic carbocycles. The van der Waals surface area contributed by atoms with Crippen molar-refractivity contribution in [1.82, 2.24) is 5.32 Å². The minimum Gasteiger partial charge on any atom is -0.444 e. The molecule has 0 heterocycles. The Hall–Kier alpha value is -2.08. The topological polar surface area (TPSA) is 76.7 Å². The van der Waals surface area contributed by atoms with Crippen molar-refractivity contribution in [3.05, 3.63) is 30.3 Å². The van der Waals surface area contributed by atoms with E-state index in [2.05, 4.69) is 10.6 Å². The summed E-state index contributed by atoms with van der Waals surface area (Å²) in [5.41, 5.74) is -0.467. The lowest BCUT2D eigenvalue weighted by molar-refractivity contribution is -0.126. The molecule has 1 aromatic rings. The number of ether oxygens (including phenoxy) is 2. The lowest BCUT2D eigenvalue weighted by Crippen LogP contribution is -2.53. The molecule has 1 aromatic carbocycles. The van der Waals surface area contributed by atoms with Gasteiger partial charge in [-0.25, -0.2) is 4.79 Å². The molecule has 1 rings (SSSR count). The number of para-hydroxylation sites is 1. The van der Waals surface area contributed by atoms with Crippen LogP contribution < -0.4 is 10.6 Å². The Kier molecular flexibility index (Phi) is 6.99. The van der Waals surface area contributed by atoms with Crippen molar-refractivity contribution < 1.29 is 19.1 Å². The van der Waals surface area contributed by atoms with Gasteiger partial charge in [-0.05, 0) is 60.6 Å². The average Bonchev–Trinajstić information content (AvgIpc) is 2.41. The van der Waals surface area contributed by atoms with E-state index in [0.717, 1.165) is 0 Å². The zero-order chi connectivity index (χ0) is 19.3. The maximum atomic E-state index is 12.7. The van der Waals surface area contributed by atoms with Gasteiger partial charge in [-0.3, -0.25) is 4.79 Å². The highest BCUT2D eigenvalue weighted by Crippen LogP contribution is 2.16. The molecule has 2 atom stereocenters. The highest BCUT2D eigenvalue weighted by Gasteiger charge is 2.32. The smallest absolute Gasteiger partial charge is 0.408 e. The maximum Gasteiger partial charge on any atom is 0.408 e. The third-order valence-electron chi connectivity index (χ3n) is 3.00. The van der Waals surface area contributed by atoms with Gasteiger partial charge in [-0.2, -0.15) is 0 Å². The molecular formula is C19H30N2O4. The molecule has 25 heavy (non-hydrogen) atoms. The van der Waals surface area contributed by atoms with Crippen LogP contribution in [-0.4, -0.2) is 35.3 Å². The van der Waals surface area contributed by atoms with Gasteiger partial charge in [0.25, 0.3) is 0 Å². The van der Waals surface area contributed by atoms with Gasteiger partial charge in [0.15, 0.2) is 0 Å². The molecule has 0 bridgehead atoms. The Balaban J connectivity index is 2.89. The van der Waals surface area contributed by atoms with Crippen molar-refractivity contribution in [2.75, 3.05) is 5.32 Å². The SMILES string of the molecule is CC(OC(C)(C)C)C(NC(=O)OC(C)(C)C)C(=O)Nc1ccccc1. The van der Waals surface area contributed by atoms with E-state index in [1.54, 1.807) is 39.8 Å². The second-order valence-corrected chi connectivity index (χ2v) is 7.91. The number of hydrogen-bond acceptors (Lipinski definition) is 4. The van der Waals surface area contributed by atoms with Gasteiger partial charge in [0.1, 0.15) is 11.6 Å². The highest BCUT2D eigenvalue weighted by molar-refractivity contribution is 5.97. The van der Waals surface area contributed by atoms with E-state index in [1.165, 1.54) is 0 Å². The molecule has 0 radical (unpaired) electrons. The predicted molar refractivity (Wildman–Crippen MR) is 98.5 cm³/mol. The fraction of sp³-hybridized carbons (Fsp3) is 0.579. The van der Waals surface area contributed by atoms with Gasteiger partial charge in [0, 0.05) is 5.69 Å². The summed E-state index contributed by atoms with van der Waals surface area (Å²) in [6.07, 6.45) is -1.21. The zero-order valence-corrected chi connectivity index (χ0v) is 16.2. The Morgan fingerprint density at radius 3 is 2.00 bits per heavy atom. The van der Waals surface area contributed by atoms with Gasteiger partial charge < -0.3 is 20.1 Å². The van der Waals surface area contributed by atoms with Crippen LogP contribution in [-0.2, 0) is 14.3 Å². The van der Waals surface area contributed by atoms with Crippen LogP contribution in [0.3, 0.4) is 0 Å². The average molecular weight is 350 g/mol. The van der Waals surface area contributed by atoms with Crippen molar-refractivity contribution in [3.63, 3.8) is 0 Å². The summed E-state index contributed by atoms with van der Waals surface area (Å²) in [4.78, 5) is 24.8. The molecule has 140 valence electrons. The zero-order valence-electron chi connectivity index (χ0n) is 16.2. The van der Waals surface area contributed by atoms with E-state index in [-0.39, 0.29) is 5.91 Å². The van der Waals surface area contributed by atoms with Crippen LogP contribution in [0.25, 0.3) is 0 Å². The molecule has 6 heteroatoms. The molecule has 2 N–H and O–H groups in total. The maximum absolute atomic E-state index is 12.7. The quantitative estimate of drug-likeness (QED) is 0.848. The van der Waals surface area contributed by atoms with Gasteiger partial charge in [0.2, 0.25) is 5.91 Å². The molecular weight excluding hydrogens is 320 g/mol. The van der Waals surface area contributed by atoms with Gasteiger partial charge >= 0.3 is 6.09 Å². The van der Waals surface area contributed by atoms with Crippen molar-refractivity contribution >= 4 is 17.7 Å². The summed E-state index contributed by atoms with van der Waals surface area (Å²) < 4.78 is 11.1. The highest BCUT2D eigenvalue weighted by atomic mass is 16.6. The molecule has 0 aliphatic rings. The summed E-state index contributed by atoms with van der Waals surface area (Å²) in [6, 6.07) is 8.16. The summed E-state index contributed by atoms with van der Waals surface area (Å²) in [6.45, 7) is 12.7. The summed E-state index contributed by atoms with van der Waals surface area (Å²) in [5, 5.41) is 5.41. The molecule has 0 fully saturated rings. The number of anilines is 1. The third-order valence-corrected chi connectivity index (χ3v) is 3.00. The van der Waals surface area contributed by atoms with Crippen LogP contribution in [0.2, 0.25) is 0 Å². The number of alkyl carbamates (subject to hydrolysis) is 1. The standard InChI is InChI=1S/C19H30N2O4/c1-13(24-18(2,3)4)15(21-17(23)25-19(5,6)7)16(22)20-14-11-9-8-10-12-14/h8-13,15H,1-7H3,(H,20,22)(H,21,23). The molecule has 0 saturated heterocycles. The largest absolute Gasteiger partial charge is 0.444 e. The van der Waals surface area contributed by atoms with Crippen LogP contribution in [0.5, 0.6) is 0 Å². The molecule has 2 unspecified atom stereocenters. The molecule has 0 aromatic heterocycles. The molecule has 0 saturated carbocycles. The Bertz CT molecular complexity index is 573. The normalized spacial score (nSPS) is 14.4. The Morgan fingerprint density at radius 2 is 1.52 bits per heavy atom. The van der Waals surface area contributed by atoms with E-state index in [9.17, 15) is 9.59 Å². The summed E-state index contributed by atoms with van der Waals surface area (Å²) in [5.74, 6) is -0.367. The summed E-state index contributed by atoms with van der Waals surface area (Å²) >= 11 is 0. The Labute approximate surface area is 150 Å². The number of carbonyl (C=O) groups is 2. The first-order valence-electron chi connectivity index (χ1n) is 8.41. The summed E-state index contributed by atoms with van der Waals surface area (Å²) in [7, 11) is 0. The number of rotatable bonds is 5. The van der Waals surface area contributed by atoms with Gasteiger partial charge in [-0.1, -0.05) is 18.2 Å². The van der Waals surface area contributed by atoms with Crippen LogP contribution in [0, 0.1) is 0 Å². The van der Waals surface area contributed by atoms with Crippen molar-refractivity contribution in [2.45, 2.75) is 71.8 Å². The molecule has 6 nitrogen and oxygen atoms in total. The van der Waals surface area contributed by atoms with E-state index >= 15 is 0 Å². The fourth-order valence-electron chi connectivity index (χ4n) is 2.20. The number of carbonyl (C=O) groups excluding carboxylic acids is 2. The third kappa shape index (κ3) is 8.54. The lowest BCUT2D eigenvalue weighted by Gasteiger charge is -2.31. The van der Waals surface area contributed by atoms with E-state index in [1.807, 2.05) is 39.0 Å². The van der Waals surface area contributed by atoms with Gasteiger partial charge in [-0.15, -0.1) is 0 Å². The van der Waals surface area contributed by atoms with Crippen LogP contribution in [0.4, 0.5) is 10.5 Å². The van der Waals surface area contributed by atoms with E-state index in [4.69, 9.17) is 9.47 Å². The van der Waals surface area contributed by atoms with Crippen molar-refractivity contribution in [3.8, 4) is 0 Å². The molecule has 0 aliphatic heterocycles. The van der Waals surface area contributed by atoms with Gasteiger partial charge in [0.05, 0.1) is 11.7 Å². The monoisotopic (exact) mass is 350 g/mol. The first kappa shape index (κ1) is 21.0. The number of nitrogens with one attached hydrogen (secondary N) is 2. The first-order chi connectivity index (χ1) is 11.4. The minimum atomic E-state index is -0.894. The van der Waals surface area contributed by atoms with Crippen LogP contribution in [0.15, 0.2) is 30.3 Å². The number of hydrogen-bond donors (Lipinski definition) is 2. The van der Waals surface area contributed by atoms with Crippen LogP contribution in [0.1, 0.15) is 48.5 Å². The first-order valence-corrected chi connectivity index (χ1v) is 8.41.